The molecule has 120 valence electrons. The summed E-state index contributed by atoms with van der Waals surface area (Å²) >= 11 is 0. The van der Waals surface area contributed by atoms with Gasteiger partial charge in [-0.1, -0.05) is 12.1 Å². The Hall–Kier alpha value is -2.97. The molecule has 0 aliphatic rings. The summed E-state index contributed by atoms with van der Waals surface area (Å²) < 4.78 is 65.6. The van der Waals surface area contributed by atoms with Gasteiger partial charge in [0.15, 0.2) is 23.3 Å². The summed E-state index contributed by atoms with van der Waals surface area (Å²) in [5.41, 5.74) is 6.29. The van der Waals surface area contributed by atoms with Crippen molar-refractivity contribution in [2.24, 2.45) is 5.10 Å². The molecule has 0 fully saturated rings. The zero-order valence-corrected chi connectivity index (χ0v) is 11.2. The minimum Gasteiger partial charge on any atom is -0.398 e. The highest BCUT2D eigenvalue weighted by molar-refractivity contribution is 5.99. The fourth-order valence-electron chi connectivity index (χ4n) is 1.65. The largest absolute Gasteiger partial charge is 0.398 e. The van der Waals surface area contributed by atoms with Gasteiger partial charge in [0.25, 0.3) is 5.91 Å². The Labute approximate surface area is 126 Å². The van der Waals surface area contributed by atoms with Gasteiger partial charge in [-0.25, -0.2) is 27.4 Å². The lowest BCUT2D eigenvalue weighted by atomic mass is 10.2. The smallest absolute Gasteiger partial charge is 0.273 e. The zero-order valence-electron chi connectivity index (χ0n) is 11.2. The van der Waals surface area contributed by atoms with Gasteiger partial charge >= 0.3 is 0 Å². The van der Waals surface area contributed by atoms with Crippen LogP contribution in [0.1, 0.15) is 15.9 Å². The Morgan fingerprint density at radius 1 is 0.957 bits per heavy atom. The number of nitrogens with two attached hydrogens (primary N) is 1. The van der Waals surface area contributed by atoms with Crippen LogP contribution >= 0.6 is 0 Å². The van der Waals surface area contributed by atoms with E-state index in [1.165, 1.54) is 18.2 Å². The summed E-state index contributed by atoms with van der Waals surface area (Å²) in [5.74, 6) is -11.4. The number of carbonyl (C=O) groups is 1. The molecule has 2 aromatic carbocycles. The molecule has 0 aliphatic carbocycles. The lowest BCUT2D eigenvalue weighted by Crippen LogP contribution is -2.19. The topological polar surface area (TPSA) is 67.5 Å². The molecule has 0 aromatic heterocycles. The van der Waals surface area contributed by atoms with Crippen LogP contribution in [-0.4, -0.2) is 12.1 Å². The molecule has 2 rings (SSSR count). The number of rotatable bonds is 3. The number of halogens is 5. The number of carbonyl (C=O) groups excluding carboxylic acids is 1. The average molecular weight is 329 g/mol. The first-order valence-electron chi connectivity index (χ1n) is 6.04. The second-order valence-electron chi connectivity index (χ2n) is 4.27. The summed E-state index contributed by atoms with van der Waals surface area (Å²) in [7, 11) is 0. The second kappa shape index (κ2) is 6.42. The number of nitrogens with zero attached hydrogens (tertiary/aromatic N) is 1. The lowest BCUT2D eigenvalue weighted by Gasteiger charge is -2.05. The second-order valence-corrected chi connectivity index (χ2v) is 4.27. The number of hydrogen-bond acceptors (Lipinski definition) is 3. The Kier molecular flexibility index (Phi) is 4.58. The van der Waals surface area contributed by atoms with Gasteiger partial charge in [0.05, 0.1) is 17.3 Å². The van der Waals surface area contributed by atoms with Gasteiger partial charge < -0.3 is 5.73 Å². The SMILES string of the molecule is Nc1ccccc1C(=O)NN=Cc1c(F)c(F)c(F)c(F)c1F. The van der Waals surface area contributed by atoms with Crippen molar-refractivity contribution in [1.29, 1.82) is 0 Å². The fourth-order valence-corrected chi connectivity index (χ4v) is 1.65. The minimum atomic E-state index is -2.28. The van der Waals surface area contributed by atoms with E-state index in [-0.39, 0.29) is 11.3 Å². The predicted octanol–water partition coefficient (Wildman–Crippen LogP) is 2.73. The number of anilines is 1. The monoisotopic (exact) mass is 329 g/mol. The van der Waals surface area contributed by atoms with Crippen LogP contribution in [0.4, 0.5) is 27.6 Å². The number of amides is 1. The highest BCUT2D eigenvalue weighted by Gasteiger charge is 2.24. The molecule has 1 amide bonds. The highest BCUT2D eigenvalue weighted by atomic mass is 19.2. The molecule has 0 bridgehead atoms. The normalized spacial score (nSPS) is 11.0. The molecule has 0 saturated carbocycles. The van der Waals surface area contributed by atoms with Crippen molar-refractivity contribution >= 4 is 17.8 Å². The molecule has 0 spiro atoms. The zero-order chi connectivity index (χ0) is 17.1. The summed E-state index contributed by atoms with van der Waals surface area (Å²) in [6.07, 6.45) is 0.313. The van der Waals surface area contributed by atoms with Crippen LogP contribution < -0.4 is 11.2 Å². The van der Waals surface area contributed by atoms with E-state index in [0.717, 1.165) is 0 Å². The lowest BCUT2D eigenvalue weighted by molar-refractivity contribution is 0.0956. The number of nitrogen functional groups attached to an aromatic ring is 1. The van der Waals surface area contributed by atoms with E-state index in [1.54, 1.807) is 6.07 Å². The maximum Gasteiger partial charge on any atom is 0.273 e. The summed E-state index contributed by atoms with van der Waals surface area (Å²) in [6, 6.07) is 5.88. The molecule has 0 heterocycles. The van der Waals surface area contributed by atoms with Crippen molar-refractivity contribution in [3.63, 3.8) is 0 Å². The molecule has 2 aromatic rings. The van der Waals surface area contributed by atoms with Crippen LogP contribution in [0.3, 0.4) is 0 Å². The molecule has 0 unspecified atom stereocenters. The van der Waals surface area contributed by atoms with Crippen molar-refractivity contribution in [2.75, 3.05) is 5.73 Å². The van der Waals surface area contributed by atoms with E-state index in [1.807, 2.05) is 5.43 Å². The first kappa shape index (κ1) is 16.4. The van der Waals surface area contributed by atoms with Crippen molar-refractivity contribution in [1.82, 2.24) is 5.43 Å². The third-order valence-electron chi connectivity index (χ3n) is 2.81. The Morgan fingerprint density at radius 2 is 1.48 bits per heavy atom. The first-order chi connectivity index (χ1) is 10.8. The molecule has 4 nitrogen and oxygen atoms in total. The Balaban J connectivity index is 2.25. The van der Waals surface area contributed by atoms with Gasteiger partial charge in [0, 0.05) is 5.69 Å². The fraction of sp³-hybridized carbons (Fsp3) is 0. The van der Waals surface area contributed by atoms with Gasteiger partial charge in [-0.05, 0) is 12.1 Å². The van der Waals surface area contributed by atoms with Crippen molar-refractivity contribution in [3.05, 3.63) is 64.5 Å². The summed E-state index contributed by atoms with van der Waals surface area (Å²) in [6.45, 7) is 0. The summed E-state index contributed by atoms with van der Waals surface area (Å²) in [5, 5.41) is 3.18. The van der Waals surface area contributed by atoms with Crippen LogP contribution in [0.2, 0.25) is 0 Å². The third kappa shape index (κ3) is 3.12. The molecule has 0 saturated heterocycles. The van der Waals surface area contributed by atoms with Gasteiger partial charge in [-0.2, -0.15) is 5.10 Å². The molecule has 0 aliphatic heterocycles. The Bertz CT molecular complexity index is 778. The van der Waals surface area contributed by atoms with Crippen LogP contribution in [0.25, 0.3) is 0 Å². The first-order valence-corrected chi connectivity index (χ1v) is 6.04. The highest BCUT2D eigenvalue weighted by Crippen LogP contribution is 2.21. The number of para-hydroxylation sites is 1. The maximum absolute atomic E-state index is 13.4. The molecule has 9 heteroatoms. The molecule has 3 N–H and O–H groups in total. The van der Waals surface area contributed by atoms with E-state index >= 15 is 0 Å². The number of hydrogen-bond donors (Lipinski definition) is 2. The predicted molar refractivity (Wildman–Crippen MR) is 72.1 cm³/mol. The van der Waals surface area contributed by atoms with Gasteiger partial charge in [-0.3, -0.25) is 4.79 Å². The van der Waals surface area contributed by atoms with E-state index in [0.29, 0.717) is 6.21 Å². The maximum atomic E-state index is 13.4. The van der Waals surface area contributed by atoms with Gasteiger partial charge in [0.2, 0.25) is 5.82 Å². The van der Waals surface area contributed by atoms with E-state index in [2.05, 4.69) is 5.10 Å². The van der Waals surface area contributed by atoms with E-state index in [4.69, 9.17) is 5.73 Å². The van der Waals surface area contributed by atoms with Crippen LogP contribution in [0.15, 0.2) is 29.4 Å². The van der Waals surface area contributed by atoms with E-state index in [9.17, 15) is 26.7 Å². The molecular weight excluding hydrogens is 321 g/mol. The minimum absolute atomic E-state index is 0.0297. The van der Waals surface area contributed by atoms with Gasteiger partial charge in [0.1, 0.15) is 0 Å². The number of benzene rings is 2. The van der Waals surface area contributed by atoms with Crippen molar-refractivity contribution < 1.29 is 26.7 Å². The average Bonchev–Trinajstić information content (AvgIpc) is 2.54. The van der Waals surface area contributed by atoms with Crippen LogP contribution in [0.5, 0.6) is 0 Å². The molecule has 0 atom stereocenters. The number of hydrazone groups is 1. The molecule has 23 heavy (non-hydrogen) atoms. The van der Waals surface area contributed by atoms with Crippen LogP contribution in [0, 0.1) is 29.1 Å². The standard InChI is InChI=1S/C14H8F5N3O/c15-9-7(10(16)12(18)13(19)11(9)17)5-21-22-14(23)6-3-1-2-4-8(6)20/h1-5H,20H2,(H,22,23). The van der Waals surface area contributed by atoms with Gasteiger partial charge in [-0.15, -0.1) is 0 Å². The van der Waals surface area contributed by atoms with Crippen molar-refractivity contribution in [3.8, 4) is 0 Å². The Morgan fingerprint density at radius 3 is 2.04 bits per heavy atom. The van der Waals surface area contributed by atoms with Crippen molar-refractivity contribution in [2.45, 2.75) is 0 Å². The third-order valence-corrected chi connectivity index (χ3v) is 2.81. The number of nitrogens with one attached hydrogen (secondary N) is 1. The quantitative estimate of drug-likeness (QED) is 0.227. The molecular formula is C14H8F5N3O. The summed E-state index contributed by atoms with van der Waals surface area (Å²) in [4.78, 5) is 11.7. The molecule has 0 radical (unpaired) electrons. The van der Waals surface area contributed by atoms with E-state index < -0.39 is 40.6 Å². The van der Waals surface area contributed by atoms with Crippen LogP contribution in [-0.2, 0) is 0 Å².